The van der Waals surface area contributed by atoms with Gasteiger partial charge in [0.05, 0.1) is 6.04 Å². The summed E-state index contributed by atoms with van der Waals surface area (Å²) in [6.45, 7) is 1.66. The first-order chi connectivity index (χ1) is 8.54. The minimum absolute atomic E-state index is 0.156. The van der Waals surface area contributed by atoms with Crippen LogP contribution in [0.2, 0.25) is 0 Å². The fourth-order valence-corrected chi connectivity index (χ4v) is 1.81. The van der Waals surface area contributed by atoms with Crippen LogP contribution in [0.4, 0.5) is 8.78 Å². The van der Waals surface area contributed by atoms with Crippen molar-refractivity contribution in [3.63, 3.8) is 0 Å². The smallest absolute Gasteiger partial charge is 0.220 e. The first-order valence-corrected chi connectivity index (χ1v) is 6.38. The molecule has 18 heavy (non-hydrogen) atoms. The van der Waals surface area contributed by atoms with Crippen LogP contribution in [0.1, 0.15) is 37.8 Å². The molecule has 0 bridgehead atoms. The summed E-state index contributed by atoms with van der Waals surface area (Å²) in [7, 11) is 0. The van der Waals surface area contributed by atoms with Gasteiger partial charge in [0.15, 0.2) is 0 Å². The Balaban J connectivity index is 2.54. The van der Waals surface area contributed by atoms with Gasteiger partial charge in [0.2, 0.25) is 5.91 Å². The number of rotatable bonds is 6. The molecule has 1 atom stereocenters. The summed E-state index contributed by atoms with van der Waals surface area (Å²) in [5.41, 5.74) is 0.280. The lowest BCUT2D eigenvalue weighted by Gasteiger charge is -2.15. The van der Waals surface area contributed by atoms with Crippen molar-refractivity contribution >= 4 is 17.5 Å². The molecule has 1 aromatic carbocycles. The normalized spacial score (nSPS) is 12.2. The van der Waals surface area contributed by atoms with Crippen LogP contribution in [0, 0.1) is 11.6 Å². The Morgan fingerprint density at radius 2 is 2.11 bits per heavy atom. The van der Waals surface area contributed by atoms with Gasteiger partial charge in [-0.3, -0.25) is 4.79 Å². The second-order valence-electron chi connectivity index (χ2n) is 4.10. The molecule has 0 spiro atoms. The van der Waals surface area contributed by atoms with E-state index in [1.54, 1.807) is 6.92 Å². The second kappa shape index (κ2) is 7.31. The zero-order valence-corrected chi connectivity index (χ0v) is 10.9. The maximum atomic E-state index is 13.4. The molecule has 0 saturated carbocycles. The Labute approximate surface area is 110 Å². The number of hydrogen-bond donors (Lipinski definition) is 1. The van der Waals surface area contributed by atoms with Gasteiger partial charge in [0, 0.05) is 23.9 Å². The van der Waals surface area contributed by atoms with Crippen molar-refractivity contribution in [1.29, 1.82) is 0 Å². The van der Waals surface area contributed by atoms with Crippen LogP contribution in [-0.4, -0.2) is 11.8 Å². The molecular formula is C13H16ClF2NO. The first-order valence-electron chi connectivity index (χ1n) is 5.85. The van der Waals surface area contributed by atoms with Gasteiger partial charge in [-0.2, -0.15) is 0 Å². The fraction of sp³-hybridized carbons (Fsp3) is 0.462. The van der Waals surface area contributed by atoms with E-state index in [1.807, 2.05) is 0 Å². The quantitative estimate of drug-likeness (QED) is 0.624. The maximum Gasteiger partial charge on any atom is 0.220 e. The maximum absolute atomic E-state index is 13.4. The van der Waals surface area contributed by atoms with Gasteiger partial charge in [-0.25, -0.2) is 8.78 Å². The summed E-state index contributed by atoms with van der Waals surface area (Å²) in [4.78, 5) is 11.5. The fourth-order valence-electron chi connectivity index (χ4n) is 1.62. The first kappa shape index (κ1) is 14.9. The Morgan fingerprint density at radius 1 is 1.39 bits per heavy atom. The highest BCUT2D eigenvalue weighted by molar-refractivity contribution is 6.17. The summed E-state index contributed by atoms with van der Waals surface area (Å²) in [6, 6.07) is 2.85. The number of unbranched alkanes of at least 4 members (excludes halogenated alkanes) is 1. The second-order valence-corrected chi connectivity index (χ2v) is 4.48. The number of hydrogen-bond acceptors (Lipinski definition) is 1. The van der Waals surface area contributed by atoms with Gasteiger partial charge in [-0.1, -0.05) is 6.07 Å². The zero-order chi connectivity index (χ0) is 13.5. The third-order valence-electron chi connectivity index (χ3n) is 2.59. The molecule has 5 heteroatoms. The van der Waals surface area contributed by atoms with Crippen molar-refractivity contribution in [3.05, 3.63) is 35.4 Å². The van der Waals surface area contributed by atoms with Gasteiger partial charge >= 0.3 is 0 Å². The van der Waals surface area contributed by atoms with E-state index in [1.165, 1.54) is 12.1 Å². The van der Waals surface area contributed by atoms with Crippen molar-refractivity contribution in [2.24, 2.45) is 0 Å². The van der Waals surface area contributed by atoms with Crippen LogP contribution in [0.15, 0.2) is 18.2 Å². The van der Waals surface area contributed by atoms with E-state index >= 15 is 0 Å². The van der Waals surface area contributed by atoms with Gasteiger partial charge in [0.1, 0.15) is 11.6 Å². The van der Waals surface area contributed by atoms with Crippen molar-refractivity contribution in [1.82, 2.24) is 5.32 Å². The molecule has 0 aliphatic carbocycles. The van der Waals surface area contributed by atoms with Gasteiger partial charge < -0.3 is 5.32 Å². The number of alkyl halides is 1. The summed E-state index contributed by atoms with van der Waals surface area (Å²) in [5, 5.41) is 2.67. The van der Waals surface area contributed by atoms with E-state index in [0.29, 0.717) is 18.7 Å². The van der Waals surface area contributed by atoms with Crippen LogP contribution < -0.4 is 5.32 Å². The summed E-state index contributed by atoms with van der Waals surface area (Å²) in [6.07, 6.45) is 1.84. The molecule has 0 fully saturated rings. The zero-order valence-electron chi connectivity index (χ0n) is 10.2. The predicted molar refractivity (Wildman–Crippen MR) is 67.5 cm³/mol. The number of carbonyl (C=O) groups excluding carboxylic acids is 1. The molecule has 1 amide bonds. The van der Waals surface area contributed by atoms with Crippen LogP contribution >= 0.6 is 11.6 Å². The van der Waals surface area contributed by atoms with E-state index < -0.39 is 17.7 Å². The topological polar surface area (TPSA) is 29.1 Å². The summed E-state index contributed by atoms with van der Waals surface area (Å²) < 4.78 is 26.2. The average Bonchev–Trinajstić information content (AvgIpc) is 2.28. The lowest BCUT2D eigenvalue weighted by Crippen LogP contribution is -2.27. The number of halogens is 3. The van der Waals surface area contributed by atoms with E-state index in [-0.39, 0.29) is 11.5 Å². The van der Waals surface area contributed by atoms with Gasteiger partial charge in [-0.15, -0.1) is 11.6 Å². The largest absolute Gasteiger partial charge is 0.349 e. The third-order valence-corrected chi connectivity index (χ3v) is 2.86. The highest BCUT2D eigenvalue weighted by Crippen LogP contribution is 2.17. The lowest BCUT2D eigenvalue weighted by molar-refractivity contribution is -0.121. The Hall–Kier alpha value is -1.16. The van der Waals surface area contributed by atoms with Crippen LogP contribution in [0.3, 0.4) is 0 Å². The van der Waals surface area contributed by atoms with E-state index in [2.05, 4.69) is 5.32 Å². The SMILES string of the molecule is CC(NC(=O)CCCCCl)c1ccc(F)cc1F. The van der Waals surface area contributed by atoms with E-state index in [4.69, 9.17) is 11.6 Å². The molecule has 0 aromatic heterocycles. The third kappa shape index (κ3) is 4.61. The van der Waals surface area contributed by atoms with Gasteiger partial charge in [0.25, 0.3) is 0 Å². The minimum Gasteiger partial charge on any atom is -0.349 e. The molecule has 0 aliphatic rings. The molecular weight excluding hydrogens is 260 g/mol. The molecule has 100 valence electrons. The number of carbonyl (C=O) groups is 1. The molecule has 1 rings (SSSR count). The molecule has 1 unspecified atom stereocenters. The van der Waals surface area contributed by atoms with Crippen molar-refractivity contribution in [3.8, 4) is 0 Å². The van der Waals surface area contributed by atoms with Crippen LogP contribution in [0.5, 0.6) is 0 Å². The van der Waals surface area contributed by atoms with Crippen molar-refractivity contribution < 1.29 is 13.6 Å². The standard InChI is InChI=1S/C13H16ClF2NO/c1-9(17-13(18)4-2-3-7-14)11-6-5-10(15)8-12(11)16/h5-6,8-9H,2-4,7H2,1H3,(H,17,18). The van der Waals surface area contributed by atoms with Crippen molar-refractivity contribution in [2.45, 2.75) is 32.2 Å². The molecule has 0 saturated heterocycles. The minimum atomic E-state index is -0.649. The molecule has 0 radical (unpaired) electrons. The number of nitrogens with one attached hydrogen (secondary N) is 1. The Kier molecular flexibility index (Phi) is 6.05. The van der Waals surface area contributed by atoms with Crippen LogP contribution in [-0.2, 0) is 4.79 Å². The number of amides is 1. The van der Waals surface area contributed by atoms with Crippen LogP contribution in [0.25, 0.3) is 0 Å². The molecule has 0 aliphatic heterocycles. The predicted octanol–water partition coefficient (Wildman–Crippen LogP) is 3.55. The lowest BCUT2D eigenvalue weighted by atomic mass is 10.1. The number of benzene rings is 1. The highest BCUT2D eigenvalue weighted by atomic mass is 35.5. The highest BCUT2D eigenvalue weighted by Gasteiger charge is 2.13. The summed E-state index contributed by atoms with van der Waals surface area (Å²) >= 11 is 5.51. The Bertz CT molecular complexity index is 412. The monoisotopic (exact) mass is 275 g/mol. The molecule has 0 heterocycles. The van der Waals surface area contributed by atoms with E-state index in [0.717, 1.165) is 12.5 Å². The Morgan fingerprint density at radius 3 is 2.72 bits per heavy atom. The summed E-state index contributed by atoms with van der Waals surface area (Å²) in [5.74, 6) is -0.910. The van der Waals surface area contributed by atoms with Gasteiger partial charge in [-0.05, 0) is 25.8 Å². The molecule has 2 nitrogen and oxygen atoms in total. The molecule has 1 N–H and O–H groups in total. The van der Waals surface area contributed by atoms with E-state index in [9.17, 15) is 13.6 Å². The van der Waals surface area contributed by atoms with Crippen molar-refractivity contribution in [2.75, 3.05) is 5.88 Å². The average molecular weight is 276 g/mol. The molecule has 1 aromatic rings.